The van der Waals surface area contributed by atoms with Gasteiger partial charge in [0.15, 0.2) is 0 Å². The molecular weight excluding hydrogens is 712 g/mol. The average molecular weight is 746 g/mol. The van der Waals surface area contributed by atoms with Crippen LogP contribution in [0.4, 0.5) is 0 Å². The normalized spacial score (nSPS) is 8.98. The molecule has 51 heavy (non-hydrogen) atoms. The first-order valence-electron chi connectivity index (χ1n) is 14.2. The van der Waals surface area contributed by atoms with E-state index in [4.69, 9.17) is 27.4 Å². The van der Waals surface area contributed by atoms with E-state index in [0.29, 0.717) is 0 Å². The van der Waals surface area contributed by atoms with Crippen LogP contribution in [0.1, 0.15) is 0 Å². The first-order chi connectivity index (χ1) is 24.3. The van der Waals surface area contributed by atoms with Crippen LogP contribution in [-0.4, -0.2) is 0 Å². The molecule has 0 N–H and O–H groups in total. The van der Waals surface area contributed by atoms with Crippen LogP contribution in [-0.2, 0) is 40.6 Å². The van der Waals surface area contributed by atoms with Crippen LogP contribution in [0.15, 0.2) is 182 Å². The topological polar surface area (TPSA) is 114 Å². The van der Waals surface area contributed by atoms with E-state index in [2.05, 4.69) is 215 Å². The molecule has 6 aromatic carbocycles. The van der Waals surface area contributed by atoms with Gasteiger partial charge in [-0.25, -0.2) is 0 Å². The van der Waals surface area contributed by atoms with Gasteiger partial charge in [-0.1, -0.05) is 109 Å². The molecule has 6 nitrogen and oxygen atoms in total. The quantitative estimate of drug-likeness (QED) is 0.0786. The summed E-state index contributed by atoms with van der Waals surface area (Å²) >= 11 is 0. The van der Waals surface area contributed by atoms with E-state index in [0.717, 1.165) is 0 Å². The van der Waals surface area contributed by atoms with Crippen molar-refractivity contribution in [1.82, 2.24) is 4.17 Å². The molecule has 0 aliphatic heterocycles. The Morgan fingerprint density at radius 2 is 0.392 bits per heavy atom. The Hall–Kier alpha value is -4.88. The average Bonchev–Trinajstić information content (AvgIpc) is 3.24. The predicted octanol–water partition coefficient (Wildman–Crippen LogP) is 6.67. The summed E-state index contributed by atoms with van der Waals surface area (Å²) < 4.78 is 43.9. The van der Waals surface area contributed by atoms with Crippen molar-refractivity contribution in [2.75, 3.05) is 0 Å². The van der Waals surface area contributed by atoms with E-state index in [-0.39, 0.29) is 24.8 Å². The van der Waals surface area contributed by atoms with Crippen LogP contribution in [0.2, 0.25) is 0 Å². The summed E-state index contributed by atoms with van der Waals surface area (Å²) in [7, 11) is -4.99. The van der Waals surface area contributed by atoms with Gasteiger partial charge >= 0.3 is 70.6 Å². The molecule has 0 saturated heterocycles. The molecule has 0 saturated carbocycles. The summed E-state index contributed by atoms with van der Waals surface area (Å²) in [6, 6.07) is 65.7. The van der Waals surface area contributed by atoms with Gasteiger partial charge in [-0.2, -0.15) is 0 Å². The molecule has 0 aromatic heterocycles. The summed E-state index contributed by atoms with van der Waals surface area (Å²) in [6.07, 6.45) is 0. The fourth-order valence-electron chi connectivity index (χ4n) is 5.27. The molecular formula is C42H33CrNO5P2. The molecule has 0 aliphatic carbocycles. The number of benzene rings is 6. The zero-order valence-electron chi connectivity index (χ0n) is 27.6. The third kappa shape index (κ3) is 11.6. The van der Waals surface area contributed by atoms with Gasteiger partial charge in [0.1, 0.15) is 0 Å². The Morgan fingerprint density at radius 3 is 0.510 bits per heavy atom. The van der Waals surface area contributed by atoms with E-state index in [1.165, 1.54) is 31.8 Å². The number of hydrogen-bond acceptors (Lipinski definition) is 0. The minimum atomic E-state index is -2.50. The van der Waals surface area contributed by atoms with Crippen LogP contribution in [0.3, 0.4) is 0 Å². The largest absolute Gasteiger partial charge is 0.358 e. The van der Waals surface area contributed by atoms with E-state index in [1.54, 1.807) is 0 Å². The second-order valence-corrected chi connectivity index (χ2v) is 15.7. The monoisotopic (exact) mass is 745 g/mol. The molecule has 0 heterocycles. The summed E-state index contributed by atoms with van der Waals surface area (Å²) in [5.41, 5.74) is 0. The van der Waals surface area contributed by atoms with E-state index in [9.17, 15) is 0 Å². The Bertz CT molecular complexity index is 1650. The summed E-state index contributed by atoms with van der Waals surface area (Å²) in [4.78, 5) is 0. The van der Waals surface area contributed by atoms with E-state index in [1.807, 2.05) is 0 Å². The van der Waals surface area contributed by atoms with Gasteiger partial charge < -0.3 is 7.43 Å². The van der Waals surface area contributed by atoms with Crippen molar-refractivity contribution in [3.05, 3.63) is 223 Å². The fraction of sp³-hybridized carbons (Fsp3) is 0. The third-order valence-corrected chi connectivity index (χ3v) is 15.5. The van der Waals surface area contributed by atoms with Gasteiger partial charge in [0.25, 0.3) is 0 Å². The van der Waals surface area contributed by atoms with Gasteiger partial charge in [-0.15, -0.1) is 4.17 Å². The molecule has 0 fully saturated rings. The van der Waals surface area contributed by atoms with Crippen LogP contribution in [0.5, 0.6) is 0 Å². The summed E-state index contributed by atoms with van der Waals surface area (Å²) in [5.74, 6) is 0. The maximum absolute atomic E-state index is 7.50. The molecule has 0 spiro atoms. The third-order valence-electron chi connectivity index (χ3n) is 7.05. The summed E-state index contributed by atoms with van der Waals surface area (Å²) in [5, 5.41) is 7.55. The maximum Gasteiger partial charge on any atom is 0.301 e. The molecule has 0 atom stereocenters. The van der Waals surface area contributed by atoms with Crippen molar-refractivity contribution in [2.45, 2.75) is 0 Å². The number of hydrogen-bond donors (Lipinski definition) is 0. The smallest absolute Gasteiger partial charge is 0.301 e. The Balaban J connectivity index is 0. The molecule has 0 amide bonds. The Morgan fingerprint density at radius 1 is 0.275 bits per heavy atom. The van der Waals surface area contributed by atoms with Crippen molar-refractivity contribution in [3.63, 3.8) is 0 Å². The van der Waals surface area contributed by atoms with Gasteiger partial charge in [-0.05, 0) is 72.8 Å². The fourth-order valence-corrected chi connectivity index (χ4v) is 14.8. The molecule has 6 aromatic rings. The van der Waals surface area contributed by atoms with Crippen LogP contribution in [0.25, 0.3) is 0 Å². The second-order valence-electron chi connectivity index (χ2n) is 9.37. The van der Waals surface area contributed by atoms with Gasteiger partial charge in [0, 0.05) is 17.4 Å². The summed E-state index contributed by atoms with van der Waals surface area (Å²) in [6.45, 7) is 22.5. The first kappa shape index (κ1) is 48.2. The SMILES string of the molecule is [C-]#[O+].[C-]#[O+].[C-]#[O+].[C-]#[O+].[C-]#[O+].[CH3-].[Cr].c1ccc(P(=[N+]=P(c2ccccc2)(c2ccccc2)c2ccccc2)(c2ccccc2)c2ccccc2)cc1. The minimum Gasteiger partial charge on any atom is -0.358 e. The standard InChI is InChI=1S/C36H30NP2.5CO.CH3.Cr/c1-7-19-31(20-8-1)38(32-21-9-2-10-22-32,33-23-11-3-12-24-33)37-39(34-25-13-4-14-26-34,35-27-15-5-16-28-35)36-29-17-6-18-30-36;5*1-2;;/h1-30H;;;;;;1H3;/q+1;;;;;;-1;. The first-order valence-corrected chi connectivity index (χ1v) is 17.7. The van der Waals surface area contributed by atoms with Crippen molar-refractivity contribution in [2.24, 2.45) is 0 Å². The molecule has 0 unspecified atom stereocenters. The van der Waals surface area contributed by atoms with E-state index >= 15 is 0 Å². The zero-order chi connectivity index (χ0) is 36.4. The van der Waals surface area contributed by atoms with Crippen LogP contribution >= 0.6 is 14.1 Å². The van der Waals surface area contributed by atoms with Crippen LogP contribution in [0, 0.1) is 40.7 Å². The van der Waals surface area contributed by atoms with Crippen LogP contribution < -0.4 is 36.0 Å². The van der Waals surface area contributed by atoms with E-state index < -0.39 is 14.1 Å². The van der Waals surface area contributed by atoms with Gasteiger partial charge in [0.2, 0.25) is 0 Å². The molecule has 9 heteroatoms. The molecule has 0 radical (unpaired) electrons. The molecule has 0 aliphatic rings. The van der Waals surface area contributed by atoms with Crippen molar-refractivity contribution in [3.8, 4) is 0 Å². The number of nitrogens with zero attached hydrogens (tertiary/aromatic N) is 1. The Kier molecular flexibility index (Phi) is 26.4. The minimum absolute atomic E-state index is 0. The molecule has 252 valence electrons. The molecule has 6 rings (SSSR count). The Labute approximate surface area is 312 Å². The van der Waals surface area contributed by atoms with Crippen molar-refractivity contribution in [1.29, 1.82) is 0 Å². The van der Waals surface area contributed by atoms with Crippen molar-refractivity contribution >= 4 is 45.9 Å². The predicted molar refractivity (Wildman–Crippen MR) is 198 cm³/mol. The number of rotatable bonds is 6. The second kappa shape index (κ2) is 27.9. The van der Waals surface area contributed by atoms with Gasteiger partial charge in [0.05, 0.1) is 31.8 Å². The van der Waals surface area contributed by atoms with Gasteiger partial charge in [-0.3, -0.25) is 0 Å². The molecule has 0 bridgehead atoms. The maximum atomic E-state index is 7.50. The van der Waals surface area contributed by atoms with Crippen molar-refractivity contribution < 1.29 is 40.6 Å². The zero-order valence-corrected chi connectivity index (χ0v) is 30.7.